The molecular formula is C16H15N3O2. The van der Waals surface area contributed by atoms with Crippen molar-refractivity contribution in [3.05, 3.63) is 54.2 Å². The number of hydrogen-bond donors (Lipinski definition) is 1. The molecule has 0 bridgehead atoms. The second-order valence-electron chi connectivity index (χ2n) is 4.65. The maximum absolute atomic E-state index is 12.4. The summed E-state index contributed by atoms with van der Waals surface area (Å²) in [6.45, 7) is 1.59. The fourth-order valence-corrected chi connectivity index (χ4v) is 1.85. The van der Waals surface area contributed by atoms with Crippen LogP contribution in [-0.2, 0) is 10.2 Å². The lowest BCUT2D eigenvalue weighted by Crippen LogP contribution is -2.36. The third-order valence-corrected chi connectivity index (χ3v) is 3.23. The van der Waals surface area contributed by atoms with Crippen molar-refractivity contribution in [3.63, 3.8) is 0 Å². The molecule has 0 radical (unpaired) electrons. The number of nitrogens with one attached hydrogen (secondary N) is 1. The summed E-state index contributed by atoms with van der Waals surface area (Å²) < 4.78 is 4.96. The Labute approximate surface area is 123 Å². The first-order valence-corrected chi connectivity index (χ1v) is 6.38. The summed E-state index contributed by atoms with van der Waals surface area (Å²) in [5, 5.41) is 12.1. The standard InChI is InChI=1S/C16H15N3O2/c1-16(11-17,12-6-4-3-5-7-12)15(20)19-13-8-9-14(21-2)18-10-13/h3-10H,1-2H3,(H,19,20)/t16-/m1/s1. The number of carbonyl (C=O) groups excluding carboxylic acids is 1. The van der Waals surface area contributed by atoms with E-state index in [9.17, 15) is 10.1 Å². The fraction of sp³-hybridized carbons (Fsp3) is 0.188. The van der Waals surface area contributed by atoms with Crippen LogP contribution in [0.5, 0.6) is 5.88 Å². The number of hydrogen-bond acceptors (Lipinski definition) is 4. The second-order valence-corrected chi connectivity index (χ2v) is 4.65. The summed E-state index contributed by atoms with van der Waals surface area (Å²) in [6.07, 6.45) is 1.49. The molecule has 0 aliphatic rings. The number of ether oxygens (including phenoxy) is 1. The van der Waals surface area contributed by atoms with Crippen LogP contribution >= 0.6 is 0 Å². The molecule has 106 valence electrons. The van der Waals surface area contributed by atoms with Crippen LogP contribution in [0.25, 0.3) is 0 Å². The van der Waals surface area contributed by atoms with E-state index in [2.05, 4.69) is 16.4 Å². The quantitative estimate of drug-likeness (QED) is 0.934. The van der Waals surface area contributed by atoms with E-state index in [0.29, 0.717) is 17.1 Å². The zero-order chi connectivity index (χ0) is 15.3. The Morgan fingerprint density at radius 2 is 2.00 bits per heavy atom. The average Bonchev–Trinajstić information content (AvgIpc) is 2.55. The van der Waals surface area contributed by atoms with Crippen LogP contribution in [-0.4, -0.2) is 18.0 Å². The molecule has 2 rings (SSSR count). The first kappa shape index (κ1) is 14.5. The third kappa shape index (κ3) is 3.00. The molecule has 1 aromatic carbocycles. The van der Waals surface area contributed by atoms with Crippen molar-refractivity contribution < 1.29 is 9.53 Å². The van der Waals surface area contributed by atoms with E-state index in [1.165, 1.54) is 13.3 Å². The molecule has 1 N–H and O–H groups in total. The lowest BCUT2D eigenvalue weighted by atomic mass is 9.83. The topological polar surface area (TPSA) is 75.0 Å². The predicted octanol–water partition coefficient (Wildman–Crippen LogP) is 2.51. The van der Waals surface area contributed by atoms with Gasteiger partial charge in [0.05, 0.1) is 25.1 Å². The molecule has 0 unspecified atom stereocenters. The van der Waals surface area contributed by atoms with E-state index in [0.717, 1.165) is 0 Å². The summed E-state index contributed by atoms with van der Waals surface area (Å²) in [6, 6.07) is 14.3. The Morgan fingerprint density at radius 3 is 2.52 bits per heavy atom. The van der Waals surface area contributed by atoms with Crippen LogP contribution in [0.2, 0.25) is 0 Å². The van der Waals surface area contributed by atoms with E-state index < -0.39 is 11.3 Å². The molecule has 0 aliphatic heterocycles. The number of amides is 1. The van der Waals surface area contributed by atoms with Crippen molar-refractivity contribution >= 4 is 11.6 Å². The number of carbonyl (C=O) groups is 1. The fourth-order valence-electron chi connectivity index (χ4n) is 1.85. The van der Waals surface area contributed by atoms with Gasteiger partial charge in [-0.15, -0.1) is 0 Å². The minimum Gasteiger partial charge on any atom is -0.481 e. The third-order valence-electron chi connectivity index (χ3n) is 3.23. The summed E-state index contributed by atoms with van der Waals surface area (Å²) >= 11 is 0. The molecule has 0 fully saturated rings. The van der Waals surface area contributed by atoms with E-state index in [1.54, 1.807) is 43.3 Å². The van der Waals surface area contributed by atoms with Crippen molar-refractivity contribution in [2.45, 2.75) is 12.3 Å². The van der Waals surface area contributed by atoms with Crippen LogP contribution < -0.4 is 10.1 Å². The number of nitrogens with zero attached hydrogens (tertiary/aromatic N) is 2. The number of rotatable bonds is 4. The Bertz CT molecular complexity index is 662. The van der Waals surface area contributed by atoms with Gasteiger partial charge < -0.3 is 10.1 Å². The number of nitriles is 1. The zero-order valence-electron chi connectivity index (χ0n) is 11.8. The molecule has 1 heterocycles. The Balaban J connectivity index is 2.23. The van der Waals surface area contributed by atoms with Gasteiger partial charge in [0, 0.05) is 6.07 Å². The molecule has 0 saturated carbocycles. The van der Waals surface area contributed by atoms with Crippen molar-refractivity contribution in [2.24, 2.45) is 0 Å². The average molecular weight is 281 g/mol. The van der Waals surface area contributed by atoms with Crippen molar-refractivity contribution in [3.8, 4) is 11.9 Å². The number of aromatic nitrogens is 1. The predicted molar refractivity (Wildman–Crippen MR) is 78.8 cm³/mol. The summed E-state index contributed by atoms with van der Waals surface area (Å²) in [4.78, 5) is 16.4. The van der Waals surface area contributed by atoms with Gasteiger partial charge in [0.1, 0.15) is 0 Å². The van der Waals surface area contributed by atoms with Gasteiger partial charge in [-0.2, -0.15) is 5.26 Å². The van der Waals surface area contributed by atoms with Gasteiger partial charge in [-0.25, -0.2) is 4.98 Å². The highest BCUT2D eigenvalue weighted by Crippen LogP contribution is 2.25. The molecule has 5 nitrogen and oxygen atoms in total. The second kappa shape index (κ2) is 6.06. The minimum atomic E-state index is -1.26. The lowest BCUT2D eigenvalue weighted by molar-refractivity contribution is -0.119. The molecule has 5 heteroatoms. The van der Waals surface area contributed by atoms with Crippen LogP contribution in [0.3, 0.4) is 0 Å². The largest absolute Gasteiger partial charge is 0.481 e. The Kier molecular flexibility index (Phi) is 4.19. The smallest absolute Gasteiger partial charge is 0.249 e. The van der Waals surface area contributed by atoms with Gasteiger partial charge in [-0.1, -0.05) is 30.3 Å². The zero-order valence-corrected chi connectivity index (χ0v) is 11.8. The van der Waals surface area contributed by atoms with Crippen molar-refractivity contribution in [1.82, 2.24) is 4.98 Å². The van der Waals surface area contributed by atoms with Crippen LogP contribution in [0.1, 0.15) is 12.5 Å². The van der Waals surface area contributed by atoms with Gasteiger partial charge >= 0.3 is 0 Å². The first-order chi connectivity index (χ1) is 10.1. The molecule has 0 spiro atoms. The highest BCUT2D eigenvalue weighted by atomic mass is 16.5. The molecule has 2 aromatic rings. The lowest BCUT2D eigenvalue weighted by Gasteiger charge is -2.21. The highest BCUT2D eigenvalue weighted by molar-refractivity contribution is 6.01. The van der Waals surface area contributed by atoms with Gasteiger partial charge in [0.15, 0.2) is 5.41 Å². The number of anilines is 1. The normalized spacial score (nSPS) is 12.8. The summed E-state index contributed by atoms with van der Waals surface area (Å²) in [5.74, 6) is 0.0577. The van der Waals surface area contributed by atoms with E-state index in [1.807, 2.05) is 6.07 Å². The monoisotopic (exact) mass is 281 g/mol. The first-order valence-electron chi connectivity index (χ1n) is 6.38. The van der Waals surface area contributed by atoms with Crippen LogP contribution in [0.4, 0.5) is 5.69 Å². The maximum atomic E-state index is 12.4. The molecule has 0 saturated heterocycles. The Morgan fingerprint density at radius 1 is 1.29 bits per heavy atom. The van der Waals surface area contributed by atoms with E-state index in [4.69, 9.17) is 4.74 Å². The van der Waals surface area contributed by atoms with Gasteiger partial charge in [0.25, 0.3) is 0 Å². The number of pyridine rings is 1. The minimum absolute atomic E-state index is 0.400. The SMILES string of the molecule is COc1ccc(NC(=O)[C@](C)(C#N)c2ccccc2)cn1. The summed E-state index contributed by atoms with van der Waals surface area (Å²) in [7, 11) is 1.52. The van der Waals surface area contributed by atoms with Crippen molar-refractivity contribution in [2.75, 3.05) is 12.4 Å². The number of methoxy groups -OCH3 is 1. The van der Waals surface area contributed by atoms with E-state index >= 15 is 0 Å². The van der Waals surface area contributed by atoms with Crippen LogP contribution in [0, 0.1) is 11.3 Å². The van der Waals surface area contributed by atoms with Gasteiger partial charge in [0.2, 0.25) is 11.8 Å². The highest BCUT2D eigenvalue weighted by Gasteiger charge is 2.35. The van der Waals surface area contributed by atoms with Crippen molar-refractivity contribution in [1.29, 1.82) is 5.26 Å². The molecule has 21 heavy (non-hydrogen) atoms. The molecular weight excluding hydrogens is 266 g/mol. The molecule has 1 atom stereocenters. The molecule has 1 amide bonds. The van der Waals surface area contributed by atoms with Gasteiger partial charge in [-0.3, -0.25) is 4.79 Å². The Hall–Kier alpha value is -2.87. The number of benzene rings is 1. The molecule has 1 aromatic heterocycles. The summed E-state index contributed by atoms with van der Waals surface area (Å²) in [5.41, 5.74) is -0.106. The molecule has 0 aliphatic carbocycles. The maximum Gasteiger partial charge on any atom is 0.249 e. The van der Waals surface area contributed by atoms with Crippen LogP contribution in [0.15, 0.2) is 48.7 Å². The van der Waals surface area contributed by atoms with E-state index in [-0.39, 0.29) is 0 Å². The van der Waals surface area contributed by atoms with Gasteiger partial charge in [-0.05, 0) is 18.6 Å².